The highest BCUT2D eigenvalue weighted by Gasteiger charge is 2.51. The van der Waals surface area contributed by atoms with Crippen LogP contribution in [0, 0.1) is 0 Å². The maximum Gasteiger partial charge on any atom is 0.302 e. The topological polar surface area (TPSA) is 90.7 Å². The lowest BCUT2D eigenvalue weighted by molar-refractivity contribution is -0.141. The maximum absolute atomic E-state index is 13.9. The SMILES string of the molecule is CC(=O)OCCCCOS(=O)c1cnc2n1[C@](C)(Cc1ccccc1)C(=O)N2c1cc(Cl)cc(Cl)c1. The number of unbranched alkanes of at least 4 members (excludes halogenated alkanes) is 1. The zero-order valence-electron chi connectivity index (χ0n) is 19.8. The minimum atomic E-state index is -1.89. The second kappa shape index (κ2) is 11.1. The molecule has 0 saturated heterocycles. The molecule has 1 amide bonds. The number of amides is 1. The van der Waals surface area contributed by atoms with E-state index in [1.807, 2.05) is 30.3 Å². The molecule has 11 heteroatoms. The fraction of sp³-hybridized carbons (Fsp3) is 0.320. The lowest BCUT2D eigenvalue weighted by atomic mass is 9.92. The molecule has 0 aliphatic carbocycles. The predicted octanol–water partition coefficient (Wildman–Crippen LogP) is 5.21. The Morgan fingerprint density at radius 1 is 1.08 bits per heavy atom. The number of aromatic nitrogens is 2. The Labute approximate surface area is 221 Å². The molecule has 0 N–H and O–H groups in total. The highest BCUT2D eigenvalue weighted by Crippen LogP contribution is 2.44. The number of halogens is 2. The van der Waals surface area contributed by atoms with Crippen LogP contribution in [0.1, 0.15) is 32.3 Å². The van der Waals surface area contributed by atoms with Crippen LogP contribution in [0.15, 0.2) is 59.8 Å². The monoisotopic (exact) mass is 549 g/mol. The van der Waals surface area contributed by atoms with Crippen LogP contribution in [0.25, 0.3) is 0 Å². The van der Waals surface area contributed by atoms with E-state index in [9.17, 15) is 13.8 Å². The Morgan fingerprint density at radius 3 is 2.42 bits per heavy atom. The summed E-state index contributed by atoms with van der Waals surface area (Å²) >= 11 is 10.6. The molecular formula is C25H25Cl2N3O5S. The van der Waals surface area contributed by atoms with Gasteiger partial charge in [-0.15, -0.1) is 0 Å². The molecule has 0 saturated carbocycles. The Morgan fingerprint density at radius 2 is 1.75 bits per heavy atom. The van der Waals surface area contributed by atoms with Gasteiger partial charge < -0.3 is 4.74 Å². The van der Waals surface area contributed by atoms with E-state index in [4.69, 9.17) is 32.1 Å². The van der Waals surface area contributed by atoms with Gasteiger partial charge in [0.2, 0.25) is 17.0 Å². The number of imidazole rings is 1. The summed E-state index contributed by atoms with van der Waals surface area (Å²) in [4.78, 5) is 30.7. The van der Waals surface area contributed by atoms with E-state index in [0.717, 1.165) is 5.56 Å². The summed E-state index contributed by atoms with van der Waals surface area (Å²) in [5, 5.41) is 1.02. The average Bonchev–Trinajstić information content (AvgIpc) is 3.34. The molecule has 3 aromatic rings. The molecular weight excluding hydrogens is 525 g/mol. The first-order chi connectivity index (χ1) is 17.2. The Kier molecular flexibility index (Phi) is 8.14. The quantitative estimate of drug-likeness (QED) is 0.254. The molecule has 1 aromatic heterocycles. The molecule has 36 heavy (non-hydrogen) atoms. The van der Waals surface area contributed by atoms with Gasteiger partial charge in [0.05, 0.1) is 25.1 Å². The summed E-state index contributed by atoms with van der Waals surface area (Å²) in [5.41, 5.74) is 0.262. The van der Waals surface area contributed by atoms with Crippen LogP contribution in [-0.4, -0.2) is 38.9 Å². The van der Waals surface area contributed by atoms with Crippen LogP contribution in [0.2, 0.25) is 10.0 Å². The number of anilines is 2. The Balaban J connectivity index is 1.65. The van der Waals surface area contributed by atoms with Gasteiger partial charge in [0, 0.05) is 23.4 Å². The number of esters is 1. The summed E-state index contributed by atoms with van der Waals surface area (Å²) in [7, 11) is 0. The van der Waals surface area contributed by atoms with Crippen LogP contribution in [0.4, 0.5) is 11.6 Å². The molecule has 1 unspecified atom stereocenters. The molecule has 8 nitrogen and oxygen atoms in total. The zero-order valence-corrected chi connectivity index (χ0v) is 22.1. The Bertz CT molecular complexity index is 1280. The van der Waals surface area contributed by atoms with Crippen LogP contribution in [-0.2, 0) is 41.5 Å². The van der Waals surface area contributed by atoms with E-state index in [1.165, 1.54) is 18.0 Å². The summed E-state index contributed by atoms with van der Waals surface area (Å²) < 4.78 is 25.3. The van der Waals surface area contributed by atoms with Crippen molar-refractivity contribution in [1.29, 1.82) is 0 Å². The number of benzene rings is 2. The van der Waals surface area contributed by atoms with E-state index < -0.39 is 16.6 Å². The molecule has 0 fully saturated rings. The van der Waals surface area contributed by atoms with Gasteiger partial charge in [-0.2, -0.15) is 0 Å². The van der Waals surface area contributed by atoms with Gasteiger partial charge in [0.1, 0.15) is 5.54 Å². The van der Waals surface area contributed by atoms with Gasteiger partial charge in [-0.05, 0) is 43.5 Å². The second-order valence-corrected chi connectivity index (χ2v) is 10.5. The zero-order chi connectivity index (χ0) is 25.9. The fourth-order valence-electron chi connectivity index (χ4n) is 4.16. The van der Waals surface area contributed by atoms with Crippen LogP contribution >= 0.6 is 23.2 Å². The number of carbonyl (C=O) groups is 2. The summed E-state index contributed by atoms with van der Waals surface area (Å²) in [5.74, 6) is -0.298. The van der Waals surface area contributed by atoms with Crippen molar-refractivity contribution in [3.05, 3.63) is 70.3 Å². The van der Waals surface area contributed by atoms with Crippen molar-refractivity contribution in [2.24, 2.45) is 0 Å². The van der Waals surface area contributed by atoms with E-state index >= 15 is 0 Å². The van der Waals surface area contributed by atoms with E-state index in [-0.39, 0.29) is 30.1 Å². The molecule has 2 atom stereocenters. The molecule has 1 aliphatic rings. The largest absolute Gasteiger partial charge is 0.466 e. The molecule has 190 valence electrons. The van der Waals surface area contributed by atoms with Crippen LogP contribution < -0.4 is 4.90 Å². The van der Waals surface area contributed by atoms with Crippen molar-refractivity contribution in [2.75, 3.05) is 18.1 Å². The lowest BCUT2D eigenvalue weighted by Crippen LogP contribution is -2.41. The van der Waals surface area contributed by atoms with Gasteiger partial charge >= 0.3 is 5.97 Å². The van der Waals surface area contributed by atoms with E-state index in [1.54, 1.807) is 29.7 Å². The third-order valence-corrected chi connectivity index (χ3v) is 7.22. The van der Waals surface area contributed by atoms with Crippen molar-refractivity contribution in [1.82, 2.24) is 9.55 Å². The highest BCUT2D eigenvalue weighted by atomic mass is 35.5. The van der Waals surface area contributed by atoms with Crippen molar-refractivity contribution in [3.63, 3.8) is 0 Å². The molecule has 0 bridgehead atoms. The lowest BCUT2D eigenvalue weighted by Gasteiger charge is -2.26. The summed E-state index contributed by atoms with van der Waals surface area (Å²) in [6, 6.07) is 14.4. The Hall–Kier alpha value is -2.72. The van der Waals surface area contributed by atoms with E-state index in [0.29, 0.717) is 40.9 Å². The maximum atomic E-state index is 13.9. The van der Waals surface area contributed by atoms with Crippen molar-refractivity contribution in [2.45, 2.75) is 43.7 Å². The summed E-state index contributed by atoms with van der Waals surface area (Å²) in [6.45, 7) is 3.60. The standard InChI is InChI=1S/C25H25Cl2N3O5S/c1-17(31)34-10-6-7-11-35-36(33)22-16-28-24-29(21-13-19(26)12-20(27)14-21)23(32)25(2,30(22)24)15-18-8-4-3-5-9-18/h3-5,8-9,12-14,16H,6-7,10-11,15H2,1-2H3/t25-,36?/m1/s1. The molecule has 0 radical (unpaired) electrons. The van der Waals surface area contributed by atoms with Crippen molar-refractivity contribution < 1.29 is 22.7 Å². The van der Waals surface area contributed by atoms with E-state index in [2.05, 4.69) is 4.98 Å². The third-order valence-electron chi connectivity index (χ3n) is 5.77. The number of ether oxygens (including phenoxy) is 1. The molecule has 2 aromatic carbocycles. The number of carbonyl (C=O) groups excluding carboxylic acids is 2. The predicted molar refractivity (Wildman–Crippen MR) is 138 cm³/mol. The molecule has 4 rings (SSSR count). The minimum Gasteiger partial charge on any atom is -0.466 e. The average molecular weight is 550 g/mol. The fourth-order valence-corrected chi connectivity index (χ4v) is 5.63. The first-order valence-electron chi connectivity index (χ1n) is 11.3. The molecule has 2 heterocycles. The van der Waals surface area contributed by atoms with Gasteiger partial charge in [0.15, 0.2) is 5.03 Å². The van der Waals surface area contributed by atoms with Gasteiger partial charge in [-0.1, -0.05) is 53.5 Å². The molecule has 1 aliphatic heterocycles. The molecule has 0 spiro atoms. The first-order valence-corrected chi connectivity index (χ1v) is 13.1. The normalized spacial score (nSPS) is 17.8. The van der Waals surface area contributed by atoms with Crippen LogP contribution in [0.5, 0.6) is 0 Å². The van der Waals surface area contributed by atoms with Crippen molar-refractivity contribution in [3.8, 4) is 0 Å². The second-order valence-electron chi connectivity index (χ2n) is 8.54. The highest BCUT2D eigenvalue weighted by molar-refractivity contribution is 7.80. The van der Waals surface area contributed by atoms with Gasteiger partial charge in [-0.3, -0.25) is 18.3 Å². The first kappa shape index (κ1) is 26.3. The van der Waals surface area contributed by atoms with Gasteiger partial charge in [0.25, 0.3) is 5.91 Å². The third kappa shape index (κ3) is 5.49. The smallest absolute Gasteiger partial charge is 0.302 e. The van der Waals surface area contributed by atoms with Crippen molar-refractivity contribution >= 4 is 57.8 Å². The number of fused-ring (bicyclic) bond motifs is 1. The van der Waals surface area contributed by atoms with Crippen LogP contribution in [0.3, 0.4) is 0 Å². The number of hydrogen-bond donors (Lipinski definition) is 0. The number of hydrogen-bond acceptors (Lipinski definition) is 6. The summed E-state index contributed by atoms with van der Waals surface area (Å²) in [6.07, 6.45) is 2.93. The minimum absolute atomic E-state index is 0.186. The number of nitrogens with zero attached hydrogens (tertiary/aromatic N) is 3. The number of rotatable bonds is 10. The van der Waals surface area contributed by atoms with Gasteiger partial charge in [-0.25, -0.2) is 14.1 Å².